The molecule has 2 heterocycles. The molecule has 0 fully saturated rings. The van der Waals surface area contributed by atoms with Gasteiger partial charge in [-0.15, -0.1) is 0 Å². The topological polar surface area (TPSA) is 64.0 Å². The van der Waals surface area contributed by atoms with Crippen molar-refractivity contribution >= 4 is 16.9 Å². The lowest BCUT2D eigenvalue weighted by Crippen LogP contribution is -2.35. The Hall–Kier alpha value is -3.73. The molecule has 1 N–H and O–H groups in total. The van der Waals surface area contributed by atoms with E-state index < -0.39 is 5.91 Å². The Morgan fingerprint density at radius 1 is 0.966 bits per heavy atom. The molecule has 0 saturated heterocycles. The molecule has 0 saturated carbocycles. The molecule has 5 nitrogen and oxygen atoms in total. The smallest absolute Gasteiger partial charge is 0.265 e. The van der Waals surface area contributed by atoms with Crippen molar-refractivity contribution in [2.75, 3.05) is 0 Å². The first-order valence-corrected chi connectivity index (χ1v) is 9.58. The molecule has 2 aromatic heterocycles. The number of nitrogens with zero attached hydrogens (tertiary/aromatic N) is 2. The van der Waals surface area contributed by atoms with Crippen molar-refractivity contribution in [3.8, 4) is 0 Å². The van der Waals surface area contributed by atoms with E-state index in [0.29, 0.717) is 12.2 Å². The zero-order chi connectivity index (χ0) is 20.2. The molecule has 1 amide bonds. The summed E-state index contributed by atoms with van der Waals surface area (Å²) in [7, 11) is 0. The molecule has 144 valence electrons. The fourth-order valence-electron chi connectivity index (χ4n) is 3.52. The van der Waals surface area contributed by atoms with E-state index in [9.17, 15) is 9.59 Å². The second-order valence-corrected chi connectivity index (χ2v) is 6.75. The van der Waals surface area contributed by atoms with Gasteiger partial charge in [0.25, 0.3) is 11.5 Å². The van der Waals surface area contributed by atoms with Crippen molar-refractivity contribution in [2.45, 2.75) is 19.5 Å². The van der Waals surface area contributed by atoms with Gasteiger partial charge in [-0.2, -0.15) is 0 Å². The van der Waals surface area contributed by atoms with Crippen molar-refractivity contribution in [3.63, 3.8) is 0 Å². The molecular formula is C24H21N3O2. The number of hydrogen-bond donors (Lipinski definition) is 1. The lowest BCUT2D eigenvalue weighted by Gasteiger charge is -2.20. The average molecular weight is 383 g/mol. The largest absolute Gasteiger partial charge is 0.341 e. The predicted octanol–water partition coefficient (Wildman–Crippen LogP) is 3.94. The quantitative estimate of drug-likeness (QED) is 0.568. The average Bonchev–Trinajstić information content (AvgIpc) is 2.78. The minimum Gasteiger partial charge on any atom is -0.341 e. The summed E-state index contributed by atoms with van der Waals surface area (Å²) < 4.78 is 1.53. The van der Waals surface area contributed by atoms with E-state index in [1.54, 1.807) is 18.3 Å². The third-order valence-electron chi connectivity index (χ3n) is 4.95. The molecule has 4 rings (SSSR count). The Balaban J connectivity index is 1.77. The molecule has 0 aliphatic rings. The Kier molecular flexibility index (Phi) is 5.20. The van der Waals surface area contributed by atoms with Crippen molar-refractivity contribution in [1.29, 1.82) is 0 Å². The third-order valence-corrected chi connectivity index (χ3v) is 4.95. The van der Waals surface area contributed by atoms with Crippen LogP contribution in [0.3, 0.4) is 0 Å². The van der Waals surface area contributed by atoms with Gasteiger partial charge in [-0.1, -0.05) is 60.7 Å². The molecule has 0 aliphatic heterocycles. The van der Waals surface area contributed by atoms with E-state index >= 15 is 0 Å². The van der Waals surface area contributed by atoms with Gasteiger partial charge in [-0.05, 0) is 36.2 Å². The molecule has 5 heteroatoms. The first-order chi connectivity index (χ1) is 14.2. The van der Waals surface area contributed by atoms with Crippen LogP contribution < -0.4 is 10.9 Å². The molecule has 0 aliphatic carbocycles. The highest BCUT2D eigenvalue weighted by Crippen LogP contribution is 2.22. The number of aryl methyl sites for hydroxylation is 1. The number of pyridine rings is 2. The molecule has 0 bridgehead atoms. The summed E-state index contributed by atoms with van der Waals surface area (Å²) in [6.45, 7) is 2.31. The van der Waals surface area contributed by atoms with Crippen LogP contribution in [-0.2, 0) is 6.54 Å². The summed E-state index contributed by atoms with van der Waals surface area (Å²) >= 11 is 0. The maximum Gasteiger partial charge on any atom is 0.265 e. The van der Waals surface area contributed by atoms with Crippen molar-refractivity contribution in [3.05, 3.63) is 112 Å². The lowest BCUT2D eigenvalue weighted by molar-refractivity contribution is 0.0941. The van der Waals surface area contributed by atoms with Crippen LogP contribution in [0, 0.1) is 0 Å². The fraction of sp³-hybridized carbons (Fsp3) is 0.125. The first kappa shape index (κ1) is 18.6. The molecule has 2 aromatic carbocycles. The number of fused-ring (bicyclic) bond motifs is 1. The van der Waals surface area contributed by atoms with Crippen LogP contribution >= 0.6 is 0 Å². The van der Waals surface area contributed by atoms with Crippen LogP contribution in [0.1, 0.15) is 34.5 Å². The summed E-state index contributed by atoms with van der Waals surface area (Å²) in [5.74, 6) is -0.402. The summed E-state index contributed by atoms with van der Waals surface area (Å²) in [6, 6.07) is 24.4. The number of nitrogens with one attached hydrogen (secondary N) is 1. The maximum atomic E-state index is 13.2. The van der Waals surface area contributed by atoms with Gasteiger partial charge in [-0.3, -0.25) is 14.2 Å². The molecule has 0 atom stereocenters. The van der Waals surface area contributed by atoms with Crippen molar-refractivity contribution in [1.82, 2.24) is 14.9 Å². The number of benzene rings is 2. The summed E-state index contributed by atoms with van der Waals surface area (Å²) in [5, 5.41) is 3.81. The minimum absolute atomic E-state index is 0.115. The van der Waals surface area contributed by atoms with E-state index in [1.165, 1.54) is 4.57 Å². The highest BCUT2D eigenvalue weighted by molar-refractivity contribution is 5.97. The number of hydrogen-bond acceptors (Lipinski definition) is 3. The van der Waals surface area contributed by atoms with Gasteiger partial charge < -0.3 is 5.32 Å². The highest BCUT2D eigenvalue weighted by Gasteiger charge is 2.21. The van der Waals surface area contributed by atoms with Crippen molar-refractivity contribution < 1.29 is 4.79 Å². The van der Waals surface area contributed by atoms with Crippen LogP contribution in [0.5, 0.6) is 0 Å². The van der Waals surface area contributed by atoms with Crippen LogP contribution in [-0.4, -0.2) is 15.5 Å². The van der Waals surface area contributed by atoms with Crippen LogP contribution in [0.25, 0.3) is 11.0 Å². The second-order valence-electron chi connectivity index (χ2n) is 6.75. The molecule has 4 aromatic rings. The molecule has 29 heavy (non-hydrogen) atoms. The zero-order valence-corrected chi connectivity index (χ0v) is 16.1. The number of carbonyl (C=O) groups is 1. The molecule has 0 unspecified atom stereocenters. The number of amides is 1. The van der Waals surface area contributed by atoms with E-state index in [4.69, 9.17) is 0 Å². The summed E-state index contributed by atoms with van der Waals surface area (Å²) in [4.78, 5) is 30.5. The number of carbonyl (C=O) groups excluding carboxylic acids is 1. The van der Waals surface area contributed by atoms with Crippen molar-refractivity contribution in [2.24, 2.45) is 0 Å². The predicted molar refractivity (Wildman–Crippen MR) is 114 cm³/mol. The first-order valence-electron chi connectivity index (χ1n) is 9.58. The second kappa shape index (κ2) is 8.10. The van der Waals surface area contributed by atoms with Crippen LogP contribution in [0.2, 0.25) is 0 Å². The SMILES string of the molecule is CCn1c(=O)c(C(=O)NC(c2ccccc2)c2ccccc2)cc2cccnc21. The fourth-order valence-corrected chi connectivity index (χ4v) is 3.52. The van der Waals surface area contributed by atoms with Gasteiger partial charge in [0, 0.05) is 18.1 Å². The number of aromatic nitrogens is 2. The summed E-state index contributed by atoms with van der Waals surface area (Å²) in [5.41, 5.74) is 2.26. The van der Waals surface area contributed by atoms with Gasteiger partial charge in [0.05, 0.1) is 6.04 Å². The standard InChI is InChI=1S/C24H21N3O2/c1-2-27-22-19(14-9-15-25-22)16-20(24(27)29)23(28)26-21(17-10-5-3-6-11-17)18-12-7-4-8-13-18/h3-16,21H,2H2,1H3,(H,26,28). The lowest BCUT2D eigenvalue weighted by atomic mass is 9.98. The Morgan fingerprint density at radius 3 is 2.17 bits per heavy atom. The van der Waals surface area contributed by atoms with Gasteiger partial charge in [-0.25, -0.2) is 4.98 Å². The normalized spacial score (nSPS) is 11.0. The van der Waals surface area contributed by atoms with Gasteiger partial charge >= 0.3 is 0 Å². The Morgan fingerprint density at radius 2 is 1.59 bits per heavy atom. The molecular weight excluding hydrogens is 362 g/mol. The highest BCUT2D eigenvalue weighted by atomic mass is 16.2. The maximum absolute atomic E-state index is 13.2. The Labute approximate surface area is 168 Å². The molecule has 0 radical (unpaired) electrons. The van der Waals surface area contributed by atoms with E-state index in [-0.39, 0.29) is 17.2 Å². The van der Waals surface area contributed by atoms with Crippen LogP contribution in [0.4, 0.5) is 0 Å². The van der Waals surface area contributed by atoms with Gasteiger partial charge in [0.15, 0.2) is 0 Å². The minimum atomic E-state index is -0.402. The molecule has 0 spiro atoms. The monoisotopic (exact) mass is 383 g/mol. The van der Waals surface area contributed by atoms with Crippen LogP contribution in [0.15, 0.2) is 89.9 Å². The third kappa shape index (κ3) is 3.67. The van der Waals surface area contributed by atoms with E-state index in [0.717, 1.165) is 16.5 Å². The Bertz CT molecular complexity index is 1160. The van der Waals surface area contributed by atoms with Gasteiger partial charge in [0.2, 0.25) is 0 Å². The van der Waals surface area contributed by atoms with E-state index in [2.05, 4.69) is 10.3 Å². The van der Waals surface area contributed by atoms with Gasteiger partial charge in [0.1, 0.15) is 11.2 Å². The zero-order valence-electron chi connectivity index (χ0n) is 16.1. The van der Waals surface area contributed by atoms with E-state index in [1.807, 2.05) is 73.7 Å². The summed E-state index contributed by atoms with van der Waals surface area (Å²) in [6.07, 6.45) is 1.65. The number of rotatable bonds is 5.